The van der Waals surface area contributed by atoms with Crippen LogP contribution in [0.3, 0.4) is 0 Å². The summed E-state index contributed by atoms with van der Waals surface area (Å²) < 4.78 is 5.62. The Balaban J connectivity index is 1.46. The molecule has 2 aromatic carbocycles. The molecule has 0 saturated heterocycles. The molecule has 150 valence electrons. The molecule has 0 radical (unpaired) electrons. The molecule has 29 heavy (non-hydrogen) atoms. The summed E-state index contributed by atoms with van der Waals surface area (Å²) in [4.78, 5) is 38.8. The first-order valence-corrected chi connectivity index (χ1v) is 9.42. The number of pyridine rings is 1. The summed E-state index contributed by atoms with van der Waals surface area (Å²) in [5.74, 6) is -0.357. The molecular formula is C21H20ClN3O4. The van der Waals surface area contributed by atoms with Gasteiger partial charge in [-0.05, 0) is 54.6 Å². The Kier molecular flexibility index (Phi) is 6.51. The lowest BCUT2D eigenvalue weighted by Gasteiger charge is -2.10. The number of aryl methyl sites for hydroxylation is 1. The van der Waals surface area contributed by atoms with E-state index < -0.39 is 11.5 Å². The summed E-state index contributed by atoms with van der Waals surface area (Å²) in [7, 11) is 0. The van der Waals surface area contributed by atoms with E-state index in [0.717, 1.165) is 10.9 Å². The highest BCUT2D eigenvalue weighted by Crippen LogP contribution is 2.21. The number of fused-ring (bicyclic) bond motifs is 1. The summed E-state index contributed by atoms with van der Waals surface area (Å²) in [6.45, 7) is 2.23. The van der Waals surface area contributed by atoms with Gasteiger partial charge in [0.2, 0.25) is 5.91 Å². The molecule has 0 aliphatic carbocycles. The molecule has 1 heterocycles. The molecule has 8 heteroatoms. The summed E-state index contributed by atoms with van der Waals surface area (Å²) >= 11 is 5.90. The zero-order valence-corrected chi connectivity index (χ0v) is 16.5. The smallest absolute Gasteiger partial charge is 0.275 e. The number of hydrazine groups is 1. The molecule has 7 nitrogen and oxygen atoms in total. The number of H-pyrrole nitrogens is 1. The van der Waals surface area contributed by atoms with Crippen LogP contribution >= 0.6 is 11.6 Å². The van der Waals surface area contributed by atoms with Gasteiger partial charge in [0.25, 0.3) is 11.5 Å². The molecule has 0 bridgehead atoms. The molecule has 1 aromatic heterocycles. The molecule has 3 N–H and O–H groups in total. The number of carbonyl (C=O) groups is 2. The molecule has 3 aromatic rings. The van der Waals surface area contributed by atoms with Gasteiger partial charge < -0.3 is 9.72 Å². The van der Waals surface area contributed by atoms with Crippen molar-refractivity contribution in [2.24, 2.45) is 0 Å². The summed E-state index contributed by atoms with van der Waals surface area (Å²) in [6, 6.07) is 13.9. The van der Waals surface area contributed by atoms with Crippen molar-refractivity contribution in [2.45, 2.75) is 19.8 Å². The second-order valence-electron chi connectivity index (χ2n) is 6.46. The van der Waals surface area contributed by atoms with Crippen LogP contribution in [0.4, 0.5) is 0 Å². The summed E-state index contributed by atoms with van der Waals surface area (Å²) in [5.41, 5.74) is 5.51. The van der Waals surface area contributed by atoms with Crippen molar-refractivity contribution >= 4 is 34.3 Å². The Morgan fingerprint density at radius 2 is 1.90 bits per heavy atom. The van der Waals surface area contributed by atoms with Gasteiger partial charge in [0.15, 0.2) is 0 Å². The third-order valence-corrected chi connectivity index (χ3v) is 4.49. The van der Waals surface area contributed by atoms with Gasteiger partial charge in [-0.1, -0.05) is 29.8 Å². The van der Waals surface area contributed by atoms with Crippen molar-refractivity contribution in [1.29, 1.82) is 0 Å². The van der Waals surface area contributed by atoms with Crippen molar-refractivity contribution in [1.82, 2.24) is 15.8 Å². The SMILES string of the molecule is Cc1cc(Cl)ccc1OCCCC(=O)NNC(=O)c1cc2ccccc2[nH]c1=O. The lowest BCUT2D eigenvalue weighted by atomic mass is 10.1. The van der Waals surface area contributed by atoms with Crippen LogP contribution in [0.5, 0.6) is 5.75 Å². The van der Waals surface area contributed by atoms with Crippen LogP contribution in [0.15, 0.2) is 53.3 Å². The van der Waals surface area contributed by atoms with E-state index in [1.165, 1.54) is 6.07 Å². The molecule has 0 atom stereocenters. The van der Waals surface area contributed by atoms with Gasteiger partial charge in [0.05, 0.1) is 6.61 Å². The number of hydrogen-bond donors (Lipinski definition) is 3. The number of aromatic nitrogens is 1. The van der Waals surface area contributed by atoms with Gasteiger partial charge in [-0.15, -0.1) is 0 Å². The lowest BCUT2D eigenvalue weighted by Crippen LogP contribution is -2.43. The second-order valence-corrected chi connectivity index (χ2v) is 6.90. The summed E-state index contributed by atoms with van der Waals surface area (Å²) in [6.07, 6.45) is 0.612. The molecule has 0 aliphatic heterocycles. The number of para-hydroxylation sites is 1. The van der Waals surface area contributed by atoms with Gasteiger partial charge >= 0.3 is 0 Å². The van der Waals surface area contributed by atoms with E-state index in [9.17, 15) is 14.4 Å². The minimum absolute atomic E-state index is 0.0782. The Morgan fingerprint density at radius 1 is 1.10 bits per heavy atom. The quantitative estimate of drug-likeness (QED) is 0.427. The van der Waals surface area contributed by atoms with E-state index in [1.54, 1.807) is 42.5 Å². The van der Waals surface area contributed by atoms with Crippen LogP contribution in [0.2, 0.25) is 5.02 Å². The minimum atomic E-state index is -0.682. The second kappa shape index (κ2) is 9.25. The van der Waals surface area contributed by atoms with Crippen molar-refractivity contribution in [2.75, 3.05) is 6.61 Å². The third kappa shape index (κ3) is 5.36. The maximum atomic E-state index is 12.2. The first-order valence-electron chi connectivity index (χ1n) is 9.04. The van der Waals surface area contributed by atoms with Crippen LogP contribution in [-0.4, -0.2) is 23.4 Å². The number of ether oxygens (including phenoxy) is 1. The number of amides is 2. The molecule has 2 amide bonds. The maximum absolute atomic E-state index is 12.2. The van der Waals surface area contributed by atoms with Crippen LogP contribution in [0, 0.1) is 6.92 Å². The van der Waals surface area contributed by atoms with Gasteiger partial charge in [-0.2, -0.15) is 0 Å². The van der Waals surface area contributed by atoms with Gasteiger partial charge in [-0.3, -0.25) is 25.2 Å². The van der Waals surface area contributed by atoms with Gasteiger partial charge in [0, 0.05) is 17.0 Å². The van der Waals surface area contributed by atoms with Crippen LogP contribution in [0.25, 0.3) is 10.9 Å². The first-order chi connectivity index (χ1) is 13.9. The van der Waals surface area contributed by atoms with Gasteiger partial charge in [-0.25, -0.2) is 0 Å². The minimum Gasteiger partial charge on any atom is -0.493 e. The molecule has 0 fully saturated rings. The monoisotopic (exact) mass is 413 g/mol. The number of halogens is 1. The number of nitrogens with one attached hydrogen (secondary N) is 3. The van der Waals surface area contributed by atoms with E-state index in [4.69, 9.17) is 16.3 Å². The Labute approximate surface area is 172 Å². The Morgan fingerprint density at radius 3 is 2.69 bits per heavy atom. The van der Waals surface area contributed by atoms with Crippen molar-refractivity contribution in [3.63, 3.8) is 0 Å². The van der Waals surface area contributed by atoms with E-state index in [0.29, 0.717) is 29.3 Å². The number of hydrogen-bond acceptors (Lipinski definition) is 4. The molecule has 0 unspecified atom stereocenters. The fourth-order valence-corrected chi connectivity index (χ4v) is 2.99. The highest BCUT2D eigenvalue weighted by Gasteiger charge is 2.12. The fourth-order valence-electron chi connectivity index (χ4n) is 2.76. The predicted octanol–water partition coefficient (Wildman–Crippen LogP) is 3.11. The normalized spacial score (nSPS) is 10.6. The van der Waals surface area contributed by atoms with Crippen molar-refractivity contribution in [3.8, 4) is 5.75 Å². The molecule has 0 spiro atoms. The zero-order valence-electron chi connectivity index (χ0n) is 15.8. The molecule has 0 aliphatic rings. The van der Waals surface area contributed by atoms with Crippen molar-refractivity contribution in [3.05, 3.63) is 75.0 Å². The number of carbonyl (C=O) groups excluding carboxylic acids is 2. The van der Waals surface area contributed by atoms with E-state index in [1.807, 2.05) is 6.92 Å². The number of aromatic amines is 1. The fraction of sp³-hybridized carbons (Fsp3) is 0.190. The van der Waals surface area contributed by atoms with Crippen molar-refractivity contribution < 1.29 is 14.3 Å². The molecule has 3 rings (SSSR count). The van der Waals surface area contributed by atoms with Gasteiger partial charge in [0.1, 0.15) is 11.3 Å². The molecular weight excluding hydrogens is 394 g/mol. The predicted molar refractivity (Wildman–Crippen MR) is 111 cm³/mol. The Bertz CT molecular complexity index is 1110. The highest BCUT2D eigenvalue weighted by atomic mass is 35.5. The lowest BCUT2D eigenvalue weighted by molar-refractivity contribution is -0.122. The van der Waals surface area contributed by atoms with Crippen LogP contribution in [0.1, 0.15) is 28.8 Å². The topological polar surface area (TPSA) is 100 Å². The highest BCUT2D eigenvalue weighted by molar-refractivity contribution is 6.30. The zero-order chi connectivity index (χ0) is 20.8. The number of rotatable bonds is 6. The van der Waals surface area contributed by atoms with E-state index >= 15 is 0 Å². The standard InChI is InChI=1S/C21H20ClN3O4/c1-13-11-15(22)8-9-18(13)29-10-4-7-19(26)24-25-21(28)16-12-14-5-2-3-6-17(14)23-20(16)27/h2-3,5-6,8-9,11-12H,4,7,10H2,1H3,(H,23,27)(H,24,26)(H,25,28). The maximum Gasteiger partial charge on any atom is 0.275 e. The first kappa shape index (κ1) is 20.4. The largest absolute Gasteiger partial charge is 0.493 e. The van der Waals surface area contributed by atoms with E-state index in [2.05, 4.69) is 15.8 Å². The van der Waals surface area contributed by atoms with Crippen LogP contribution in [-0.2, 0) is 4.79 Å². The summed E-state index contributed by atoms with van der Waals surface area (Å²) in [5, 5.41) is 1.36. The third-order valence-electron chi connectivity index (χ3n) is 4.26. The van der Waals surface area contributed by atoms with Crippen LogP contribution < -0.4 is 21.1 Å². The average Bonchev–Trinajstić information content (AvgIpc) is 2.70. The molecule has 0 saturated carbocycles. The van der Waals surface area contributed by atoms with E-state index in [-0.39, 0.29) is 17.9 Å². The average molecular weight is 414 g/mol. The Hall–Kier alpha value is -3.32. The number of benzene rings is 2.